The van der Waals surface area contributed by atoms with Gasteiger partial charge in [0.05, 0.1) is 5.69 Å². The van der Waals surface area contributed by atoms with E-state index in [-0.39, 0.29) is 18.0 Å². The normalized spacial score (nSPS) is 16.3. The number of carbonyl (C=O) groups is 1. The van der Waals surface area contributed by atoms with Gasteiger partial charge in [-0.15, -0.1) is 0 Å². The minimum Gasteiger partial charge on any atom is -0.323 e. The van der Waals surface area contributed by atoms with Crippen molar-refractivity contribution in [1.29, 1.82) is 0 Å². The molecular formula is C13H17F2N3O. The molecule has 1 aliphatic rings. The summed E-state index contributed by atoms with van der Waals surface area (Å²) < 4.78 is 26.3. The first-order chi connectivity index (χ1) is 9.15. The summed E-state index contributed by atoms with van der Waals surface area (Å²) in [7, 11) is 0. The Labute approximate surface area is 110 Å². The van der Waals surface area contributed by atoms with Gasteiger partial charge in [-0.2, -0.15) is 0 Å². The number of nitrogens with one attached hydrogen (secondary N) is 2. The maximum absolute atomic E-state index is 13.3. The van der Waals surface area contributed by atoms with Crippen LogP contribution in [0.5, 0.6) is 0 Å². The third-order valence-corrected chi connectivity index (χ3v) is 3.07. The minimum absolute atomic E-state index is 0.106. The Morgan fingerprint density at radius 1 is 1.32 bits per heavy atom. The largest absolute Gasteiger partial charge is 0.323 e. The standard InChI is InChI=1S/C13H17F2N3O/c14-10-1-2-11(15)12(9-10)17-13(19)3-6-18-7-4-16-5-8-18/h1-2,9,16H,3-8H2,(H,17,19). The summed E-state index contributed by atoms with van der Waals surface area (Å²) in [6.07, 6.45) is 0.274. The van der Waals surface area contributed by atoms with Crippen LogP contribution in [0.2, 0.25) is 0 Å². The molecule has 0 spiro atoms. The highest BCUT2D eigenvalue weighted by Gasteiger charge is 2.12. The smallest absolute Gasteiger partial charge is 0.225 e. The Kier molecular flexibility index (Phi) is 4.81. The predicted molar refractivity (Wildman–Crippen MR) is 68.9 cm³/mol. The number of carbonyl (C=O) groups excluding carboxylic acids is 1. The first-order valence-corrected chi connectivity index (χ1v) is 6.33. The third kappa shape index (κ3) is 4.25. The summed E-state index contributed by atoms with van der Waals surface area (Å²) in [5.74, 6) is -1.50. The second kappa shape index (κ2) is 6.58. The molecule has 1 amide bonds. The molecule has 19 heavy (non-hydrogen) atoms. The van der Waals surface area contributed by atoms with Crippen molar-refractivity contribution in [3.8, 4) is 0 Å². The fourth-order valence-electron chi connectivity index (χ4n) is 2.00. The number of anilines is 1. The van der Waals surface area contributed by atoms with Crippen LogP contribution in [-0.4, -0.2) is 43.5 Å². The van der Waals surface area contributed by atoms with Crippen molar-refractivity contribution < 1.29 is 13.6 Å². The van der Waals surface area contributed by atoms with Gasteiger partial charge in [0.2, 0.25) is 5.91 Å². The minimum atomic E-state index is -0.628. The quantitative estimate of drug-likeness (QED) is 0.863. The molecule has 2 N–H and O–H groups in total. The van der Waals surface area contributed by atoms with Crippen LogP contribution in [0.4, 0.5) is 14.5 Å². The molecule has 0 saturated carbocycles. The number of rotatable bonds is 4. The summed E-state index contributed by atoms with van der Waals surface area (Å²) in [5, 5.41) is 5.62. The SMILES string of the molecule is O=C(CCN1CCNCC1)Nc1cc(F)ccc1F. The number of hydrogen-bond donors (Lipinski definition) is 2. The van der Waals surface area contributed by atoms with E-state index in [1.165, 1.54) is 0 Å². The summed E-state index contributed by atoms with van der Waals surface area (Å²) in [6.45, 7) is 4.27. The van der Waals surface area contributed by atoms with Gasteiger partial charge in [-0.1, -0.05) is 0 Å². The number of amides is 1. The van der Waals surface area contributed by atoms with Gasteiger partial charge in [-0.05, 0) is 12.1 Å². The van der Waals surface area contributed by atoms with E-state index in [9.17, 15) is 13.6 Å². The van der Waals surface area contributed by atoms with E-state index in [0.717, 1.165) is 44.4 Å². The van der Waals surface area contributed by atoms with Crippen molar-refractivity contribution >= 4 is 11.6 Å². The monoisotopic (exact) mass is 269 g/mol. The Hall–Kier alpha value is -1.53. The van der Waals surface area contributed by atoms with Crippen molar-refractivity contribution in [3.05, 3.63) is 29.8 Å². The Bertz CT molecular complexity index is 448. The van der Waals surface area contributed by atoms with E-state index in [4.69, 9.17) is 0 Å². The van der Waals surface area contributed by atoms with Crippen LogP contribution in [0.3, 0.4) is 0 Å². The Balaban J connectivity index is 1.81. The molecule has 0 radical (unpaired) electrons. The van der Waals surface area contributed by atoms with Crippen molar-refractivity contribution in [2.75, 3.05) is 38.0 Å². The molecule has 6 heteroatoms. The van der Waals surface area contributed by atoms with Gasteiger partial charge in [0.25, 0.3) is 0 Å². The molecule has 104 valence electrons. The number of nitrogens with zero attached hydrogens (tertiary/aromatic N) is 1. The molecule has 0 bridgehead atoms. The zero-order valence-electron chi connectivity index (χ0n) is 10.6. The van der Waals surface area contributed by atoms with Gasteiger partial charge < -0.3 is 15.5 Å². The molecule has 1 aromatic carbocycles. The van der Waals surface area contributed by atoms with Crippen LogP contribution in [0, 0.1) is 11.6 Å². The number of piperazine rings is 1. The van der Waals surface area contributed by atoms with Gasteiger partial charge >= 0.3 is 0 Å². The van der Waals surface area contributed by atoms with Crippen molar-refractivity contribution in [2.45, 2.75) is 6.42 Å². The topological polar surface area (TPSA) is 44.4 Å². The van der Waals surface area contributed by atoms with Crippen LogP contribution in [0.15, 0.2) is 18.2 Å². The lowest BCUT2D eigenvalue weighted by molar-refractivity contribution is -0.116. The van der Waals surface area contributed by atoms with Crippen LogP contribution in [0.1, 0.15) is 6.42 Å². The van der Waals surface area contributed by atoms with E-state index < -0.39 is 11.6 Å². The Morgan fingerprint density at radius 2 is 2.05 bits per heavy atom. The second-order valence-corrected chi connectivity index (χ2v) is 4.51. The lowest BCUT2D eigenvalue weighted by Gasteiger charge is -2.26. The maximum Gasteiger partial charge on any atom is 0.225 e. The first-order valence-electron chi connectivity index (χ1n) is 6.33. The molecule has 1 heterocycles. The highest BCUT2D eigenvalue weighted by Crippen LogP contribution is 2.15. The number of benzene rings is 1. The van der Waals surface area contributed by atoms with Gasteiger partial charge in [-0.25, -0.2) is 8.78 Å². The first kappa shape index (κ1) is 13.9. The van der Waals surface area contributed by atoms with Crippen molar-refractivity contribution in [3.63, 3.8) is 0 Å². The van der Waals surface area contributed by atoms with Gasteiger partial charge in [0.15, 0.2) is 0 Å². The average Bonchev–Trinajstić information content (AvgIpc) is 2.42. The zero-order valence-corrected chi connectivity index (χ0v) is 10.6. The molecule has 0 unspecified atom stereocenters. The summed E-state index contributed by atoms with van der Waals surface area (Å²) in [5.41, 5.74) is -0.106. The van der Waals surface area contributed by atoms with Crippen molar-refractivity contribution in [2.24, 2.45) is 0 Å². The van der Waals surface area contributed by atoms with Gasteiger partial charge in [0, 0.05) is 45.2 Å². The van der Waals surface area contributed by atoms with E-state index in [0.29, 0.717) is 6.54 Å². The molecule has 1 aliphatic heterocycles. The highest BCUT2D eigenvalue weighted by molar-refractivity contribution is 5.90. The van der Waals surface area contributed by atoms with Crippen molar-refractivity contribution in [1.82, 2.24) is 10.2 Å². The summed E-state index contributed by atoms with van der Waals surface area (Å²) >= 11 is 0. The molecule has 2 rings (SSSR count). The third-order valence-electron chi connectivity index (χ3n) is 3.07. The molecule has 1 fully saturated rings. The predicted octanol–water partition coefficient (Wildman–Crippen LogP) is 1.20. The molecule has 0 atom stereocenters. The molecule has 0 aliphatic carbocycles. The van der Waals surface area contributed by atoms with Gasteiger partial charge in [0.1, 0.15) is 11.6 Å². The highest BCUT2D eigenvalue weighted by atomic mass is 19.1. The van der Waals surface area contributed by atoms with Crippen LogP contribution >= 0.6 is 0 Å². The summed E-state index contributed by atoms with van der Waals surface area (Å²) in [6, 6.07) is 3.00. The van der Waals surface area contributed by atoms with E-state index in [2.05, 4.69) is 15.5 Å². The maximum atomic E-state index is 13.3. The molecule has 0 aromatic heterocycles. The molecular weight excluding hydrogens is 252 g/mol. The molecule has 1 saturated heterocycles. The second-order valence-electron chi connectivity index (χ2n) is 4.51. The number of halogens is 2. The number of hydrogen-bond acceptors (Lipinski definition) is 3. The average molecular weight is 269 g/mol. The summed E-state index contributed by atoms with van der Waals surface area (Å²) in [4.78, 5) is 13.8. The lowest BCUT2D eigenvalue weighted by Crippen LogP contribution is -2.44. The van der Waals surface area contributed by atoms with Gasteiger partial charge in [-0.3, -0.25) is 4.79 Å². The van der Waals surface area contributed by atoms with E-state index >= 15 is 0 Å². The lowest BCUT2D eigenvalue weighted by atomic mass is 10.2. The van der Waals surface area contributed by atoms with Crippen LogP contribution in [0.25, 0.3) is 0 Å². The van der Waals surface area contributed by atoms with E-state index in [1.807, 2.05) is 0 Å². The van der Waals surface area contributed by atoms with Crippen LogP contribution in [-0.2, 0) is 4.79 Å². The van der Waals surface area contributed by atoms with E-state index in [1.54, 1.807) is 0 Å². The fraction of sp³-hybridized carbons (Fsp3) is 0.462. The van der Waals surface area contributed by atoms with Crippen LogP contribution < -0.4 is 10.6 Å². The molecule has 4 nitrogen and oxygen atoms in total. The fourth-order valence-corrected chi connectivity index (χ4v) is 2.00. The Morgan fingerprint density at radius 3 is 2.79 bits per heavy atom. The zero-order chi connectivity index (χ0) is 13.7. The molecule has 1 aromatic rings.